The number of carboxylic acids is 1. The molecule has 9 heteroatoms. The van der Waals surface area contributed by atoms with E-state index in [0.29, 0.717) is 12.0 Å². The van der Waals surface area contributed by atoms with Gasteiger partial charge in [0, 0.05) is 25.2 Å². The molecule has 2 aliphatic heterocycles. The van der Waals surface area contributed by atoms with E-state index in [1.165, 1.54) is 18.9 Å². The molecule has 2 saturated carbocycles. The zero-order chi connectivity index (χ0) is 23.0. The third-order valence-corrected chi connectivity index (χ3v) is 7.90. The second kappa shape index (κ2) is 9.29. The quantitative estimate of drug-likeness (QED) is 0.461. The van der Waals surface area contributed by atoms with Gasteiger partial charge in [-0.3, -0.25) is 9.69 Å². The molecule has 8 nitrogen and oxygen atoms in total. The maximum atomic E-state index is 14.4. The van der Waals surface area contributed by atoms with Crippen LogP contribution in [0.2, 0.25) is 0 Å². The van der Waals surface area contributed by atoms with Crippen molar-refractivity contribution >= 4 is 17.6 Å². The molecule has 2 unspecified atom stereocenters. The molecular formula is C24H34FN5O3. The van der Waals surface area contributed by atoms with Crippen LogP contribution in [-0.4, -0.2) is 53.8 Å². The van der Waals surface area contributed by atoms with E-state index in [-0.39, 0.29) is 34.7 Å². The van der Waals surface area contributed by atoms with Crippen molar-refractivity contribution in [3.8, 4) is 0 Å². The summed E-state index contributed by atoms with van der Waals surface area (Å²) >= 11 is 0. The summed E-state index contributed by atoms with van der Waals surface area (Å²) < 4.78 is 14.4. The number of rotatable bonds is 5. The fourth-order valence-corrected chi connectivity index (χ4v) is 5.99. The standard InChI is InChI=1S/C24H34FN5O3/c25-18-11-17(22(32)33)19(12-16(18)15-5-6-15)27-21(31)20-13-24(7-3-1-2-4-8-24)23(29-28-20)30-10-9-26-14-30/h11-12,15,20,23,26,28-29H,1-10,13-14H2,(H,27,31)(H,32,33). The van der Waals surface area contributed by atoms with Gasteiger partial charge in [-0.15, -0.1) is 0 Å². The highest BCUT2D eigenvalue weighted by Crippen LogP contribution is 2.45. The summed E-state index contributed by atoms with van der Waals surface area (Å²) in [6.45, 7) is 2.77. The van der Waals surface area contributed by atoms with Gasteiger partial charge in [-0.05, 0) is 55.7 Å². The summed E-state index contributed by atoms with van der Waals surface area (Å²) in [6.07, 6.45) is 9.49. The average molecular weight is 460 g/mol. The SMILES string of the molecule is O=C(O)c1cc(F)c(C2CC2)cc1NC(=O)C1CC2(CCCCCC2)C(N2CCNC2)NN1. The lowest BCUT2D eigenvalue weighted by atomic mass is 9.71. The van der Waals surface area contributed by atoms with E-state index >= 15 is 0 Å². The van der Waals surface area contributed by atoms with Crippen LogP contribution in [0.3, 0.4) is 0 Å². The van der Waals surface area contributed by atoms with Crippen molar-refractivity contribution in [3.05, 3.63) is 29.1 Å². The number of halogens is 1. The Labute approximate surface area is 193 Å². The van der Waals surface area contributed by atoms with Crippen LogP contribution in [0.4, 0.5) is 10.1 Å². The molecule has 0 bridgehead atoms. The van der Waals surface area contributed by atoms with Crippen molar-refractivity contribution < 1.29 is 19.1 Å². The van der Waals surface area contributed by atoms with Crippen molar-refractivity contribution in [1.29, 1.82) is 0 Å². The van der Waals surface area contributed by atoms with Crippen molar-refractivity contribution in [2.45, 2.75) is 75.9 Å². The summed E-state index contributed by atoms with van der Waals surface area (Å²) in [5, 5.41) is 15.8. The number of hydrogen-bond acceptors (Lipinski definition) is 6. The Kier molecular flexibility index (Phi) is 6.39. The lowest BCUT2D eigenvalue weighted by Gasteiger charge is -2.50. The van der Waals surface area contributed by atoms with Gasteiger partial charge in [0.1, 0.15) is 11.9 Å². The molecule has 1 amide bonds. The monoisotopic (exact) mass is 459 g/mol. The minimum Gasteiger partial charge on any atom is -0.478 e. The lowest BCUT2D eigenvalue weighted by molar-refractivity contribution is -0.123. The molecule has 2 atom stereocenters. The second-order valence-electron chi connectivity index (χ2n) is 10.2. The molecule has 33 heavy (non-hydrogen) atoms. The van der Waals surface area contributed by atoms with Crippen LogP contribution in [0, 0.1) is 11.2 Å². The predicted octanol–water partition coefficient (Wildman–Crippen LogP) is 2.74. The minimum absolute atomic E-state index is 0.0205. The Morgan fingerprint density at radius 3 is 2.52 bits per heavy atom. The molecule has 1 spiro atoms. The molecular weight excluding hydrogens is 425 g/mol. The van der Waals surface area contributed by atoms with Crippen LogP contribution < -0.4 is 21.5 Å². The van der Waals surface area contributed by atoms with E-state index in [1.807, 2.05) is 0 Å². The first-order chi connectivity index (χ1) is 16.0. The first-order valence-corrected chi connectivity index (χ1v) is 12.3. The molecule has 0 radical (unpaired) electrons. The van der Waals surface area contributed by atoms with Gasteiger partial charge < -0.3 is 15.7 Å². The third-order valence-electron chi connectivity index (χ3n) is 7.90. The molecule has 1 aromatic carbocycles. The van der Waals surface area contributed by atoms with Crippen LogP contribution in [0.5, 0.6) is 0 Å². The van der Waals surface area contributed by atoms with E-state index in [4.69, 9.17) is 0 Å². The Bertz CT molecular complexity index is 908. The van der Waals surface area contributed by atoms with Gasteiger partial charge >= 0.3 is 5.97 Å². The second-order valence-corrected chi connectivity index (χ2v) is 10.2. The number of aromatic carboxylic acids is 1. The number of anilines is 1. The topological polar surface area (TPSA) is 106 Å². The Morgan fingerprint density at radius 2 is 1.88 bits per heavy atom. The highest BCUT2D eigenvalue weighted by Gasteiger charge is 2.48. The first-order valence-electron chi connectivity index (χ1n) is 12.3. The molecule has 0 aromatic heterocycles. The molecule has 180 valence electrons. The van der Waals surface area contributed by atoms with Gasteiger partial charge in [-0.2, -0.15) is 0 Å². The van der Waals surface area contributed by atoms with Gasteiger partial charge in [0.05, 0.1) is 17.4 Å². The number of hydrazine groups is 1. The Morgan fingerprint density at radius 1 is 1.12 bits per heavy atom. The number of carbonyl (C=O) groups excluding carboxylic acids is 1. The zero-order valence-corrected chi connectivity index (χ0v) is 19.0. The summed E-state index contributed by atoms with van der Waals surface area (Å²) in [7, 11) is 0. The summed E-state index contributed by atoms with van der Waals surface area (Å²) in [6, 6.07) is 2.07. The normalized spacial score (nSPS) is 27.9. The number of nitrogens with zero attached hydrogens (tertiary/aromatic N) is 1. The molecule has 1 aromatic rings. The van der Waals surface area contributed by atoms with Crippen LogP contribution in [0.15, 0.2) is 12.1 Å². The van der Waals surface area contributed by atoms with Gasteiger partial charge in [0.2, 0.25) is 5.91 Å². The van der Waals surface area contributed by atoms with Gasteiger partial charge in [-0.1, -0.05) is 25.7 Å². The maximum Gasteiger partial charge on any atom is 0.337 e. The number of carbonyl (C=O) groups is 2. The summed E-state index contributed by atoms with van der Waals surface area (Å²) in [4.78, 5) is 27.5. The summed E-state index contributed by atoms with van der Waals surface area (Å²) in [5.74, 6) is -1.92. The van der Waals surface area contributed by atoms with Crippen molar-refractivity contribution in [2.75, 3.05) is 25.1 Å². The van der Waals surface area contributed by atoms with Crippen molar-refractivity contribution in [1.82, 2.24) is 21.1 Å². The number of benzene rings is 1. The average Bonchev–Trinajstić information content (AvgIpc) is 3.55. The smallest absolute Gasteiger partial charge is 0.337 e. The van der Waals surface area contributed by atoms with E-state index in [9.17, 15) is 19.1 Å². The van der Waals surface area contributed by atoms with Gasteiger partial charge in [0.25, 0.3) is 0 Å². The van der Waals surface area contributed by atoms with Crippen LogP contribution >= 0.6 is 0 Å². The Balaban J connectivity index is 1.37. The van der Waals surface area contributed by atoms with Crippen molar-refractivity contribution in [2.24, 2.45) is 5.41 Å². The van der Waals surface area contributed by atoms with E-state index in [0.717, 1.165) is 64.3 Å². The van der Waals surface area contributed by atoms with Gasteiger partial charge in [-0.25, -0.2) is 20.0 Å². The summed E-state index contributed by atoms with van der Waals surface area (Å²) in [5.41, 5.74) is 7.11. The minimum atomic E-state index is -1.25. The molecule has 4 aliphatic rings. The van der Waals surface area contributed by atoms with E-state index in [1.54, 1.807) is 0 Å². The molecule has 5 rings (SSSR count). The molecule has 4 fully saturated rings. The predicted molar refractivity (Wildman–Crippen MR) is 122 cm³/mol. The molecule has 5 N–H and O–H groups in total. The number of hydrogen-bond donors (Lipinski definition) is 5. The molecule has 2 saturated heterocycles. The van der Waals surface area contributed by atoms with E-state index in [2.05, 4.69) is 26.4 Å². The lowest BCUT2D eigenvalue weighted by Crippen LogP contribution is -2.68. The van der Waals surface area contributed by atoms with Crippen LogP contribution in [0.25, 0.3) is 0 Å². The van der Waals surface area contributed by atoms with E-state index < -0.39 is 17.8 Å². The van der Waals surface area contributed by atoms with Crippen molar-refractivity contribution in [3.63, 3.8) is 0 Å². The zero-order valence-electron chi connectivity index (χ0n) is 19.0. The molecule has 2 aliphatic carbocycles. The number of carboxylic acid groups (broad SMARTS) is 1. The molecule has 2 heterocycles. The number of amides is 1. The maximum absolute atomic E-state index is 14.4. The third kappa shape index (κ3) is 4.64. The fraction of sp³-hybridized carbons (Fsp3) is 0.667. The fourth-order valence-electron chi connectivity index (χ4n) is 5.99. The Hall–Kier alpha value is -2.07. The first kappa shape index (κ1) is 22.7. The van der Waals surface area contributed by atoms with Crippen LogP contribution in [-0.2, 0) is 4.79 Å². The largest absolute Gasteiger partial charge is 0.478 e. The highest BCUT2D eigenvalue weighted by atomic mass is 19.1. The highest BCUT2D eigenvalue weighted by molar-refractivity contribution is 6.02. The van der Waals surface area contributed by atoms with Crippen LogP contribution in [0.1, 0.15) is 79.6 Å². The number of nitrogens with one attached hydrogen (secondary N) is 4. The van der Waals surface area contributed by atoms with Gasteiger partial charge in [0.15, 0.2) is 0 Å².